The van der Waals surface area contributed by atoms with Gasteiger partial charge in [0.2, 0.25) is 0 Å². The van der Waals surface area contributed by atoms with Crippen molar-refractivity contribution in [2.75, 3.05) is 0 Å². The maximum absolute atomic E-state index is 11.0. The van der Waals surface area contributed by atoms with Gasteiger partial charge in [0.05, 0.1) is 9.79 Å². The van der Waals surface area contributed by atoms with Crippen LogP contribution in [-0.2, 0) is 33.1 Å². The van der Waals surface area contributed by atoms with Gasteiger partial charge in [-0.2, -0.15) is 0 Å². The van der Waals surface area contributed by atoms with Gasteiger partial charge in [0.15, 0.2) is 0 Å². The number of rotatable bonds is 30. The predicted molar refractivity (Wildman–Crippen MR) is 248 cm³/mol. The van der Waals surface area contributed by atoms with Gasteiger partial charge in [0.1, 0.15) is 43.2 Å². The number of aryl methyl sites for hydroxylation is 2. The minimum absolute atomic E-state index is 0. The van der Waals surface area contributed by atoms with Crippen LogP contribution >= 0.6 is 0 Å². The predicted octanol–water partition coefficient (Wildman–Crippen LogP) is 14.1. The summed E-state index contributed by atoms with van der Waals surface area (Å²) in [5.41, 5.74) is 2.48. The van der Waals surface area contributed by atoms with E-state index in [1.165, 1.54) is 201 Å². The van der Waals surface area contributed by atoms with Crippen LogP contribution in [0.5, 0.6) is 23.0 Å². The second kappa shape index (κ2) is 32.3. The van der Waals surface area contributed by atoms with Gasteiger partial charge in [-0.3, -0.25) is 0 Å². The third kappa shape index (κ3) is 25.4. The van der Waals surface area contributed by atoms with Gasteiger partial charge in [-0.15, -0.1) is 0 Å². The van der Waals surface area contributed by atoms with E-state index in [1.54, 1.807) is 0 Å². The number of hydrogen-bond acceptors (Lipinski definition) is 8. The Bertz CT molecular complexity index is 1810. The average Bonchev–Trinajstić information content (AvgIpc) is 3.22. The Hall–Kier alpha value is -2.44. The fourth-order valence-electron chi connectivity index (χ4n) is 7.14. The fourth-order valence-corrected chi connectivity index (χ4v) is 8.08. The maximum Gasteiger partial charge on any atom is 2.00 e. The first kappa shape index (κ1) is 54.7. The molecular formula is C50H70CaO8S2. The molecule has 4 aromatic rings. The maximum atomic E-state index is 11.0. The topological polar surface area (TPSA) is 133 Å². The first-order valence-corrected chi connectivity index (χ1v) is 25.4. The largest absolute Gasteiger partial charge is 2.00 e. The second-order valence-corrected chi connectivity index (χ2v) is 18.7. The zero-order chi connectivity index (χ0) is 43.3. The van der Waals surface area contributed by atoms with E-state index in [9.17, 15) is 25.9 Å². The molecule has 4 aromatic carbocycles. The molecular weight excluding hydrogens is 833 g/mol. The summed E-state index contributed by atoms with van der Waals surface area (Å²) in [6, 6.07) is 27.0. The molecule has 0 bridgehead atoms. The van der Waals surface area contributed by atoms with Crippen LogP contribution in [0.2, 0.25) is 0 Å². The minimum atomic E-state index is -4.43. The van der Waals surface area contributed by atoms with Gasteiger partial charge in [-0.1, -0.05) is 167 Å². The van der Waals surface area contributed by atoms with E-state index in [-0.39, 0.29) is 47.5 Å². The number of unbranched alkanes of at least 4 members (excludes halogenated alkanes) is 20. The Morgan fingerprint density at radius 3 is 0.934 bits per heavy atom. The van der Waals surface area contributed by atoms with Crippen molar-refractivity contribution in [1.82, 2.24) is 0 Å². The van der Waals surface area contributed by atoms with Gasteiger partial charge in [-0.25, -0.2) is 16.8 Å². The quantitative estimate of drug-likeness (QED) is 0.0287. The van der Waals surface area contributed by atoms with Crippen LogP contribution < -0.4 is 9.47 Å². The molecule has 0 fully saturated rings. The van der Waals surface area contributed by atoms with Crippen LogP contribution in [0.4, 0.5) is 0 Å². The van der Waals surface area contributed by atoms with E-state index in [2.05, 4.69) is 26.0 Å². The third-order valence-electron chi connectivity index (χ3n) is 10.6. The smallest absolute Gasteiger partial charge is 0.744 e. The minimum Gasteiger partial charge on any atom is -0.744 e. The van der Waals surface area contributed by atoms with Crippen molar-refractivity contribution in [3.8, 4) is 23.0 Å². The van der Waals surface area contributed by atoms with Crippen molar-refractivity contribution in [3.63, 3.8) is 0 Å². The monoisotopic (exact) mass is 902 g/mol. The average molecular weight is 903 g/mol. The van der Waals surface area contributed by atoms with Crippen molar-refractivity contribution < 1.29 is 35.4 Å². The molecule has 0 N–H and O–H groups in total. The molecule has 4 rings (SSSR count). The Kier molecular flexibility index (Phi) is 28.9. The molecule has 0 aliphatic rings. The first-order valence-electron chi connectivity index (χ1n) is 22.6. The summed E-state index contributed by atoms with van der Waals surface area (Å²) in [5.74, 6) is 2.45. The molecule has 11 heteroatoms. The van der Waals surface area contributed by atoms with Crippen molar-refractivity contribution >= 4 is 58.0 Å². The molecule has 0 spiro atoms. The molecule has 0 aliphatic carbocycles. The summed E-state index contributed by atoms with van der Waals surface area (Å²) in [5, 5.41) is 0. The number of hydrogen-bond donors (Lipinski definition) is 0. The third-order valence-corrected chi connectivity index (χ3v) is 12.3. The van der Waals surface area contributed by atoms with E-state index < -0.39 is 20.2 Å². The molecule has 332 valence electrons. The molecule has 0 unspecified atom stereocenters. The summed E-state index contributed by atoms with van der Waals surface area (Å²) in [6.07, 6.45) is 31.5. The van der Waals surface area contributed by atoms with E-state index in [1.807, 2.05) is 36.4 Å². The van der Waals surface area contributed by atoms with Gasteiger partial charge < -0.3 is 18.6 Å². The summed E-state index contributed by atoms with van der Waals surface area (Å²) < 4.78 is 77.6. The molecule has 0 saturated heterocycles. The number of benzene rings is 4. The summed E-state index contributed by atoms with van der Waals surface area (Å²) >= 11 is 0. The van der Waals surface area contributed by atoms with Gasteiger partial charge in [-0.05, 0) is 110 Å². The van der Waals surface area contributed by atoms with Crippen molar-refractivity contribution in [1.29, 1.82) is 0 Å². The number of ether oxygens (including phenoxy) is 2. The van der Waals surface area contributed by atoms with Crippen LogP contribution in [0.1, 0.15) is 166 Å². The normalized spacial score (nSPS) is 11.3. The molecule has 0 saturated carbocycles. The van der Waals surface area contributed by atoms with E-state index >= 15 is 0 Å². The van der Waals surface area contributed by atoms with Crippen LogP contribution in [0.25, 0.3) is 0 Å². The summed E-state index contributed by atoms with van der Waals surface area (Å²) in [4.78, 5) is -0.500. The van der Waals surface area contributed by atoms with Gasteiger partial charge in [0.25, 0.3) is 0 Å². The fraction of sp³-hybridized carbons (Fsp3) is 0.520. The zero-order valence-corrected chi connectivity index (χ0v) is 40.8. The Morgan fingerprint density at radius 1 is 0.377 bits per heavy atom. The van der Waals surface area contributed by atoms with Crippen LogP contribution in [0.15, 0.2) is 107 Å². The summed E-state index contributed by atoms with van der Waals surface area (Å²) in [7, 11) is -8.86. The van der Waals surface area contributed by atoms with E-state index in [4.69, 9.17) is 9.47 Å². The zero-order valence-electron chi connectivity index (χ0n) is 37.0. The molecule has 61 heavy (non-hydrogen) atoms. The molecule has 0 amide bonds. The van der Waals surface area contributed by atoms with E-state index in [0.717, 1.165) is 12.8 Å². The van der Waals surface area contributed by atoms with Crippen molar-refractivity contribution in [3.05, 3.63) is 108 Å². The van der Waals surface area contributed by atoms with Crippen LogP contribution in [0, 0.1) is 0 Å². The molecule has 0 aliphatic heterocycles. The molecule has 0 heterocycles. The molecule has 0 aromatic heterocycles. The Balaban J connectivity index is 0.000000413. The van der Waals surface area contributed by atoms with Gasteiger partial charge in [0, 0.05) is 0 Å². The van der Waals surface area contributed by atoms with Crippen LogP contribution in [-0.4, -0.2) is 63.7 Å². The van der Waals surface area contributed by atoms with Crippen LogP contribution in [0.3, 0.4) is 0 Å². The van der Waals surface area contributed by atoms with Crippen molar-refractivity contribution in [2.45, 2.75) is 178 Å². The van der Waals surface area contributed by atoms with Crippen molar-refractivity contribution in [2.24, 2.45) is 0 Å². The second-order valence-electron chi connectivity index (χ2n) is 15.9. The Morgan fingerprint density at radius 2 is 0.656 bits per heavy atom. The van der Waals surface area contributed by atoms with Gasteiger partial charge >= 0.3 is 37.7 Å². The standard InChI is InChI=1S/2C25H36O4S.Ca/c2*1-2-3-4-5-6-7-8-9-10-11-12-14-22-15-13-16-24(21-22)29-23-17-19-25(20-18-23)30(26,27)28;/h2*13,15-21H,2-12,14H2,1H3,(H,26,27,28);/q;;+2/p-2. The summed E-state index contributed by atoms with van der Waals surface area (Å²) in [6.45, 7) is 4.52. The molecule has 0 radical (unpaired) electrons. The van der Waals surface area contributed by atoms with E-state index in [0.29, 0.717) is 23.0 Å². The Labute approximate surface area is 399 Å². The first-order chi connectivity index (χ1) is 29.0. The SMILES string of the molecule is CCCCCCCCCCCCCc1cccc(Oc2ccc(S(=O)(=O)[O-])cc2)c1.CCCCCCCCCCCCCc1cccc(Oc2ccc(S(=O)(=O)[O-])cc2)c1.[Ca+2]. The molecule has 0 atom stereocenters. The molecule has 8 nitrogen and oxygen atoms in total.